The molecule has 108 valence electrons. The Kier molecular flexibility index (Phi) is 4.52. The number of halogens is 1. The van der Waals surface area contributed by atoms with Crippen molar-refractivity contribution in [1.29, 1.82) is 0 Å². The van der Waals surface area contributed by atoms with E-state index in [0.29, 0.717) is 13.1 Å². The van der Waals surface area contributed by atoms with Crippen LogP contribution in [-0.4, -0.2) is 28.3 Å². The fraction of sp³-hybridized carbons (Fsp3) is 0.400. The monoisotopic (exact) mass is 276 g/mol. The largest absolute Gasteiger partial charge is 0.329 e. The van der Waals surface area contributed by atoms with Crippen molar-refractivity contribution in [2.75, 3.05) is 13.6 Å². The number of aromatic nitrogens is 2. The maximum atomic E-state index is 13.2. The van der Waals surface area contributed by atoms with Gasteiger partial charge in [-0.05, 0) is 31.7 Å². The van der Waals surface area contributed by atoms with Crippen LogP contribution in [0.1, 0.15) is 22.9 Å². The molecule has 5 heteroatoms. The van der Waals surface area contributed by atoms with Gasteiger partial charge >= 0.3 is 0 Å². The lowest BCUT2D eigenvalue weighted by molar-refractivity contribution is 0.240. The van der Waals surface area contributed by atoms with E-state index in [0.717, 1.165) is 16.8 Å². The van der Waals surface area contributed by atoms with Gasteiger partial charge in [0.25, 0.3) is 0 Å². The fourth-order valence-electron chi connectivity index (χ4n) is 2.42. The predicted octanol–water partition coefficient (Wildman–Crippen LogP) is 2.00. The Bertz CT molecular complexity index is 579. The zero-order valence-electron chi connectivity index (χ0n) is 12.2. The molecule has 0 aliphatic rings. The highest BCUT2D eigenvalue weighted by molar-refractivity contribution is 5.22. The Morgan fingerprint density at radius 2 is 2.20 bits per heavy atom. The average Bonchev–Trinajstić information content (AvgIpc) is 2.72. The predicted molar refractivity (Wildman–Crippen MR) is 77.6 cm³/mol. The van der Waals surface area contributed by atoms with E-state index in [9.17, 15) is 4.39 Å². The first-order chi connectivity index (χ1) is 9.52. The topological polar surface area (TPSA) is 47.1 Å². The number of benzene rings is 1. The Hall–Kier alpha value is -1.72. The van der Waals surface area contributed by atoms with Crippen molar-refractivity contribution in [3.8, 4) is 0 Å². The van der Waals surface area contributed by atoms with Crippen LogP contribution in [0.3, 0.4) is 0 Å². The molecule has 2 aromatic rings. The average molecular weight is 276 g/mol. The Labute approximate surface area is 119 Å². The molecule has 1 heterocycles. The number of hydrogen-bond acceptors (Lipinski definition) is 3. The van der Waals surface area contributed by atoms with Crippen LogP contribution in [0, 0.1) is 12.7 Å². The summed E-state index contributed by atoms with van der Waals surface area (Å²) in [6, 6.07) is 6.73. The van der Waals surface area contributed by atoms with Crippen molar-refractivity contribution in [1.82, 2.24) is 14.7 Å². The van der Waals surface area contributed by atoms with E-state index < -0.39 is 0 Å². The van der Waals surface area contributed by atoms with Crippen molar-refractivity contribution in [3.63, 3.8) is 0 Å². The van der Waals surface area contributed by atoms with E-state index in [-0.39, 0.29) is 11.9 Å². The molecular weight excluding hydrogens is 255 g/mol. The second kappa shape index (κ2) is 6.15. The van der Waals surface area contributed by atoms with Crippen LogP contribution in [0.2, 0.25) is 0 Å². The minimum Gasteiger partial charge on any atom is -0.329 e. The number of rotatable bonds is 5. The van der Waals surface area contributed by atoms with E-state index in [4.69, 9.17) is 5.73 Å². The lowest BCUT2D eigenvalue weighted by atomic mass is 10.1. The van der Waals surface area contributed by atoms with E-state index in [1.165, 1.54) is 6.07 Å². The quantitative estimate of drug-likeness (QED) is 0.908. The molecule has 20 heavy (non-hydrogen) atoms. The summed E-state index contributed by atoms with van der Waals surface area (Å²) in [6.07, 6.45) is 1.86. The highest BCUT2D eigenvalue weighted by Crippen LogP contribution is 2.23. The van der Waals surface area contributed by atoms with Gasteiger partial charge in [0, 0.05) is 31.4 Å². The minimum absolute atomic E-state index is 0.0759. The fourth-order valence-corrected chi connectivity index (χ4v) is 2.42. The molecule has 0 aliphatic carbocycles. The first kappa shape index (κ1) is 14.7. The zero-order chi connectivity index (χ0) is 14.7. The van der Waals surface area contributed by atoms with Gasteiger partial charge < -0.3 is 5.73 Å². The van der Waals surface area contributed by atoms with Gasteiger partial charge in [0.2, 0.25) is 0 Å². The SMILES string of the molecule is Cc1c(C(CN)N(C)Cc2cccc(F)c2)cnn1C. The van der Waals surface area contributed by atoms with Gasteiger partial charge in [-0.25, -0.2) is 4.39 Å². The second-order valence-electron chi connectivity index (χ2n) is 5.11. The summed E-state index contributed by atoms with van der Waals surface area (Å²) in [5, 5.41) is 4.26. The molecule has 0 saturated heterocycles. The molecule has 4 nitrogen and oxygen atoms in total. The molecular formula is C15H21FN4. The third kappa shape index (κ3) is 3.05. The van der Waals surface area contributed by atoms with Crippen molar-refractivity contribution in [3.05, 3.63) is 53.1 Å². The number of nitrogens with two attached hydrogens (primary N) is 1. The smallest absolute Gasteiger partial charge is 0.123 e. The number of hydrogen-bond donors (Lipinski definition) is 1. The molecule has 0 amide bonds. The van der Waals surface area contributed by atoms with Crippen molar-refractivity contribution < 1.29 is 4.39 Å². The summed E-state index contributed by atoms with van der Waals surface area (Å²) in [7, 11) is 3.91. The highest BCUT2D eigenvalue weighted by Gasteiger charge is 2.20. The minimum atomic E-state index is -0.210. The molecule has 1 atom stereocenters. The summed E-state index contributed by atoms with van der Waals surface area (Å²) in [5.41, 5.74) is 9.07. The molecule has 0 spiro atoms. The lowest BCUT2D eigenvalue weighted by Gasteiger charge is -2.27. The number of nitrogens with zero attached hydrogens (tertiary/aromatic N) is 3. The van der Waals surface area contributed by atoms with Gasteiger partial charge in [-0.1, -0.05) is 12.1 Å². The maximum absolute atomic E-state index is 13.2. The van der Waals surface area contributed by atoms with Gasteiger partial charge in [-0.3, -0.25) is 9.58 Å². The Morgan fingerprint density at radius 1 is 1.45 bits per heavy atom. The number of aryl methyl sites for hydroxylation is 1. The molecule has 0 fully saturated rings. The van der Waals surface area contributed by atoms with E-state index in [1.807, 2.05) is 38.0 Å². The first-order valence-electron chi connectivity index (χ1n) is 6.66. The van der Waals surface area contributed by atoms with Crippen LogP contribution < -0.4 is 5.73 Å². The van der Waals surface area contributed by atoms with Crippen molar-refractivity contribution >= 4 is 0 Å². The third-order valence-electron chi connectivity index (χ3n) is 3.71. The second-order valence-corrected chi connectivity index (χ2v) is 5.11. The van der Waals surface area contributed by atoms with Gasteiger partial charge in [0.1, 0.15) is 5.82 Å². The van der Waals surface area contributed by atoms with Gasteiger partial charge in [0.15, 0.2) is 0 Å². The molecule has 2 rings (SSSR count). The molecule has 1 unspecified atom stereocenters. The van der Waals surface area contributed by atoms with Crippen molar-refractivity contribution in [2.24, 2.45) is 12.8 Å². The Balaban J connectivity index is 2.17. The molecule has 0 bridgehead atoms. The molecule has 0 radical (unpaired) electrons. The van der Waals surface area contributed by atoms with Crippen LogP contribution in [-0.2, 0) is 13.6 Å². The molecule has 1 aromatic carbocycles. The molecule has 2 N–H and O–H groups in total. The molecule has 0 saturated carbocycles. The van der Waals surface area contributed by atoms with Crippen LogP contribution in [0.25, 0.3) is 0 Å². The zero-order valence-corrected chi connectivity index (χ0v) is 12.2. The Morgan fingerprint density at radius 3 is 2.75 bits per heavy atom. The van der Waals surface area contributed by atoms with E-state index >= 15 is 0 Å². The van der Waals surface area contributed by atoms with Crippen LogP contribution in [0.5, 0.6) is 0 Å². The normalized spacial score (nSPS) is 12.9. The van der Waals surface area contributed by atoms with Gasteiger partial charge in [0.05, 0.1) is 12.2 Å². The summed E-state index contributed by atoms with van der Waals surface area (Å²) >= 11 is 0. The van der Waals surface area contributed by atoms with E-state index in [1.54, 1.807) is 12.1 Å². The standard InChI is InChI=1S/C15H21FN4/c1-11-14(9-18-20(11)3)15(8-17)19(2)10-12-5-4-6-13(16)7-12/h4-7,9,15H,8,10,17H2,1-3H3. The summed E-state index contributed by atoms with van der Waals surface area (Å²) in [4.78, 5) is 2.12. The lowest BCUT2D eigenvalue weighted by Crippen LogP contribution is -2.30. The van der Waals surface area contributed by atoms with Crippen LogP contribution >= 0.6 is 0 Å². The molecule has 0 aliphatic heterocycles. The van der Waals surface area contributed by atoms with Gasteiger partial charge in [-0.15, -0.1) is 0 Å². The van der Waals surface area contributed by atoms with Crippen LogP contribution in [0.15, 0.2) is 30.5 Å². The van der Waals surface area contributed by atoms with Crippen LogP contribution in [0.4, 0.5) is 4.39 Å². The summed E-state index contributed by atoms with van der Waals surface area (Å²) in [5.74, 6) is -0.210. The van der Waals surface area contributed by atoms with E-state index in [2.05, 4.69) is 10.00 Å². The summed E-state index contributed by atoms with van der Waals surface area (Å²) < 4.78 is 15.1. The highest BCUT2D eigenvalue weighted by atomic mass is 19.1. The van der Waals surface area contributed by atoms with Crippen molar-refractivity contribution in [2.45, 2.75) is 19.5 Å². The summed E-state index contributed by atoms with van der Waals surface area (Å²) in [6.45, 7) is 3.17. The maximum Gasteiger partial charge on any atom is 0.123 e. The first-order valence-corrected chi connectivity index (χ1v) is 6.66. The molecule has 1 aromatic heterocycles. The third-order valence-corrected chi connectivity index (χ3v) is 3.71. The number of likely N-dealkylation sites (N-methyl/N-ethyl adjacent to an activating group) is 1. The van der Waals surface area contributed by atoms with Gasteiger partial charge in [-0.2, -0.15) is 5.10 Å².